The van der Waals surface area contributed by atoms with Crippen LogP contribution in [-0.4, -0.2) is 22.2 Å². The van der Waals surface area contributed by atoms with Crippen LogP contribution in [0.4, 0.5) is 5.69 Å². The summed E-state index contributed by atoms with van der Waals surface area (Å²) in [5.41, 5.74) is 11.6. The molecule has 6 heteroatoms. The van der Waals surface area contributed by atoms with Gasteiger partial charge in [0.05, 0.1) is 5.69 Å². The number of phenolic OH excluding ortho intramolecular Hbond substituents is 1. The molecule has 0 radical (unpaired) electrons. The molecule has 1 atom stereocenters. The second-order valence-corrected chi connectivity index (χ2v) is 3.04. The number of rotatable bonds is 3. The molecule has 0 amide bonds. The molecule has 6 N–H and O–H groups in total. The Labute approximate surface area is 93.1 Å². The van der Waals surface area contributed by atoms with Crippen LogP contribution in [0.2, 0.25) is 0 Å². The van der Waals surface area contributed by atoms with Crippen LogP contribution in [0.5, 0.6) is 5.75 Å². The predicted octanol–water partition coefficient (Wildman–Crippen LogP) is 0.351. The van der Waals surface area contributed by atoms with Crippen LogP contribution in [0.25, 0.3) is 0 Å². The van der Waals surface area contributed by atoms with E-state index < -0.39 is 12.0 Å². The van der Waals surface area contributed by atoms with E-state index in [0.29, 0.717) is 5.56 Å². The molecule has 1 rings (SSSR count). The third-order valence-corrected chi connectivity index (χ3v) is 1.87. The van der Waals surface area contributed by atoms with Crippen LogP contribution in [-0.2, 0) is 11.2 Å². The Morgan fingerprint density at radius 1 is 1.47 bits per heavy atom. The van der Waals surface area contributed by atoms with Gasteiger partial charge < -0.3 is 21.7 Å². The van der Waals surface area contributed by atoms with Crippen molar-refractivity contribution < 1.29 is 15.0 Å². The number of aliphatic carboxylic acids is 1. The van der Waals surface area contributed by atoms with Gasteiger partial charge in [0.25, 0.3) is 0 Å². The molecular formula is C9H13ClN2O3. The first-order chi connectivity index (χ1) is 6.50. The average molecular weight is 233 g/mol. The predicted molar refractivity (Wildman–Crippen MR) is 59.1 cm³/mol. The smallest absolute Gasteiger partial charge is 0.320 e. The van der Waals surface area contributed by atoms with Gasteiger partial charge in [0, 0.05) is 0 Å². The molecule has 0 aliphatic heterocycles. The third-order valence-electron chi connectivity index (χ3n) is 1.87. The van der Waals surface area contributed by atoms with E-state index in [1.54, 1.807) is 6.07 Å². The molecule has 15 heavy (non-hydrogen) atoms. The van der Waals surface area contributed by atoms with Crippen LogP contribution < -0.4 is 11.5 Å². The number of nitrogen functional groups attached to an aromatic ring is 1. The van der Waals surface area contributed by atoms with Gasteiger partial charge in [-0.15, -0.1) is 12.4 Å². The summed E-state index contributed by atoms with van der Waals surface area (Å²) in [7, 11) is 0. The zero-order chi connectivity index (χ0) is 10.7. The summed E-state index contributed by atoms with van der Waals surface area (Å²) in [6, 6.07) is 3.60. The SMILES string of the molecule is Cl.Nc1ccc(C[C@H](N)C(=O)O)cc1O. The molecule has 0 aromatic heterocycles. The average Bonchev–Trinajstić information content (AvgIpc) is 2.11. The van der Waals surface area contributed by atoms with Crippen LogP contribution in [0.15, 0.2) is 18.2 Å². The summed E-state index contributed by atoms with van der Waals surface area (Å²) in [6.45, 7) is 0. The zero-order valence-electron chi connectivity index (χ0n) is 7.88. The van der Waals surface area contributed by atoms with E-state index in [2.05, 4.69) is 0 Å². The van der Waals surface area contributed by atoms with Gasteiger partial charge in [-0.05, 0) is 24.1 Å². The number of carboxylic acid groups (broad SMARTS) is 1. The van der Waals surface area contributed by atoms with Crippen LogP contribution >= 0.6 is 12.4 Å². The zero-order valence-corrected chi connectivity index (χ0v) is 8.70. The van der Waals surface area contributed by atoms with Crippen molar-refractivity contribution in [3.8, 4) is 5.75 Å². The number of anilines is 1. The quantitative estimate of drug-likeness (QED) is 0.444. The Morgan fingerprint density at radius 3 is 2.53 bits per heavy atom. The van der Waals surface area contributed by atoms with Crippen molar-refractivity contribution in [2.24, 2.45) is 5.73 Å². The monoisotopic (exact) mass is 232 g/mol. The number of halogens is 1. The minimum atomic E-state index is -1.07. The number of hydrogen-bond donors (Lipinski definition) is 4. The lowest BCUT2D eigenvalue weighted by Crippen LogP contribution is -2.32. The van der Waals surface area contributed by atoms with Crippen LogP contribution in [0, 0.1) is 0 Å². The first-order valence-corrected chi connectivity index (χ1v) is 4.06. The molecule has 0 aliphatic rings. The van der Waals surface area contributed by atoms with Crippen molar-refractivity contribution >= 4 is 24.1 Å². The van der Waals surface area contributed by atoms with Gasteiger partial charge in [0.2, 0.25) is 0 Å². The molecule has 0 bridgehead atoms. The van der Waals surface area contributed by atoms with Gasteiger partial charge in [-0.2, -0.15) is 0 Å². The van der Waals surface area contributed by atoms with Gasteiger partial charge in [-0.1, -0.05) is 6.07 Å². The highest BCUT2D eigenvalue weighted by Gasteiger charge is 2.12. The first-order valence-electron chi connectivity index (χ1n) is 4.06. The van der Waals surface area contributed by atoms with Crippen molar-refractivity contribution in [1.82, 2.24) is 0 Å². The van der Waals surface area contributed by atoms with Gasteiger partial charge in [-0.3, -0.25) is 4.79 Å². The van der Waals surface area contributed by atoms with Gasteiger partial charge in [-0.25, -0.2) is 0 Å². The second kappa shape index (κ2) is 5.43. The minimum Gasteiger partial charge on any atom is -0.506 e. The summed E-state index contributed by atoms with van der Waals surface area (Å²) in [5.74, 6) is -1.12. The Kier molecular flexibility index (Phi) is 4.90. The highest BCUT2D eigenvalue weighted by atomic mass is 35.5. The highest BCUT2D eigenvalue weighted by Crippen LogP contribution is 2.21. The van der Waals surface area contributed by atoms with Crippen molar-refractivity contribution in [3.63, 3.8) is 0 Å². The van der Waals surface area contributed by atoms with Crippen molar-refractivity contribution in [2.45, 2.75) is 12.5 Å². The standard InChI is InChI=1S/C9H12N2O3.ClH/c10-6-2-1-5(4-8(6)12)3-7(11)9(13)14;/h1-2,4,7,12H,3,10-11H2,(H,13,14);1H/t7-;/m0./s1. The van der Waals surface area contributed by atoms with E-state index in [1.807, 2.05) is 0 Å². The fraction of sp³-hybridized carbons (Fsp3) is 0.222. The Hall–Kier alpha value is -1.46. The van der Waals surface area contributed by atoms with Crippen LogP contribution in [0.1, 0.15) is 5.56 Å². The molecule has 0 unspecified atom stereocenters. The van der Waals surface area contributed by atoms with Gasteiger partial charge >= 0.3 is 5.97 Å². The van der Waals surface area contributed by atoms with Gasteiger partial charge in [0.1, 0.15) is 11.8 Å². The van der Waals surface area contributed by atoms with Crippen molar-refractivity contribution in [1.29, 1.82) is 0 Å². The number of nitrogens with two attached hydrogens (primary N) is 2. The molecule has 1 aromatic rings. The van der Waals surface area contributed by atoms with Gasteiger partial charge in [0.15, 0.2) is 0 Å². The first kappa shape index (κ1) is 13.5. The molecular weight excluding hydrogens is 220 g/mol. The maximum Gasteiger partial charge on any atom is 0.320 e. The van der Waals surface area contributed by atoms with Crippen molar-refractivity contribution in [2.75, 3.05) is 5.73 Å². The molecule has 0 fully saturated rings. The molecule has 1 aromatic carbocycles. The molecule has 0 saturated heterocycles. The third kappa shape index (κ3) is 3.65. The van der Waals surface area contributed by atoms with E-state index in [9.17, 15) is 9.90 Å². The van der Waals surface area contributed by atoms with E-state index in [1.165, 1.54) is 12.1 Å². The number of carboxylic acids is 1. The number of aromatic hydroxyl groups is 1. The summed E-state index contributed by atoms with van der Waals surface area (Å²) < 4.78 is 0. The van der Waals surface area contributed by atoms with Crippen molar-refractivity contribution in [3.05, 3.63) is 23.8 Å². The largest absolute Gasteiger partial charge is 0.506 e. The number of hydrogen-bond acceptors (Lipinski definition) is 4. The molecule has 0 spiro atoms. The van der Waals surface area contributed by atoms with Crippen LogP contribution in [0.3, 0.4) is 0 Å². The van der Waals surface area contributed by atoms with E-state index in [0.717, 1.165) is 0 Å². The van der Waals surface area contributed by atoms with E-state index in [4.69, 9.17) is 16.6 Å². The Balaban J connectivity index is 0.00000196. The fourth-order valence-corrected chi connectivity index (χ4v) is 1.06. The lowest BCUT2D eigenvalue weighted by atomic mass is 10.1. The summed E-state index contributed by atoms with van der Waals surface area (Å²) in [4.78, 5) is 10.4. The molecule has 84 valence electrons. The summed E-state index contributed by atoms with van der Waals surface area (Å²) in [5, 5.41) is 17.8. The Morgan fingerprint density at radius 2 is 2.07 bits per heavy atom. The maximum absolute atomic E-state index is 10.4. The van der Waals surface area contributed by atoms with E-state index >= 15 is 0 Å². The van der Waals surface area contributed by atoms with E-state index in [-0.39, 0.29) is 30.3 Å². The molecule has 0 heterocycles. The topological polar surface area (TPSA) is 110 Å². The number of benzene rings is 1. The molecule has 0 saturated carbocycles. The maximum atomic E-state index is 10.4. The normalized spacial score (nSPS) is 11.5. The summed E-state index contributed by atoms with van der Waals surface area (Å²) >= 11 is 0. The lowest BCUT2D eigenvalue weighted by Gasteiger charge is -2.07. The Bertz CT molecular complexity index is 357. The second-order valence-electron chi connectivity index (χ2n) is 3.04. The highest BCUT2D eigenvalue weighted by molar-refractivity contribution is 5.85. The molecule has 5 nitrogen and oxygen atoms in total. The summed E-state index contributed by atoms with van der Waals surface area (Å²) in [6.07, 6.45) is 0.170. The number of carbonyl (C=O) groups is 1. The fourth-order valence-electron chi connectivity index (χ4n) is 1.06. The number of phenols is 1. The molecule has 0 aliphatic carbocycles. The minimum absolute atomic E-state index is 0. The lowest BCUT2D eigenvalue weighted by molar-refractivity contribution is -0.138.